The molecule has 1 nitrogen and oxygen atoms in total. The summed E-state index contributed by atoms with van der Waals surface area (Å²) in [7, 11) is 0. The SMILES string of the molecule is CCc1ccc(N(c2ccc(C(C)(C)C)cc2)c2ccccc2I)cc1. The molecule has 2 heteroatoms. The number of nitrogens with zero attached hydrogens (tertiary/aromatic N) is 1. The van der Waals surface area contributed by atoms with Gasteiger partial charge in [0.2, 0.25) is 0 Å². The van der Waals surface area contributed by atoms with Crippen LogP contribution in [0.5, 0.6) is 0 Å². The lowest BCUT2D eigenvalue weighted by molar-refractivity contribution is 0.590. The number of benzene rings is 3. The number of hydrogen-bond donors (Lipinski definition) is 0. The molecule has 26 heavy (non-hydrogen) atoms. The average Bonchev–Trinajstić information content (AvgIpc) is 2.64. The number of halogens is 1. The fourth-order valence-corrected chi connectivity index (χ4v) is 3.68. The van der Waals surface area contributed by atoms with Crippen LogP contribution in [0.1, 0.15) is 38.8 Å². The van der Waals surface area contributed by atoms with Gasteiger partial charge in [0, 0.05) is 14.9 Å². The summed E-state index contributed by atoms with van der Waals surface area (Å²) in [5, 5.41) is 0. The van der Waals surface area contributed by atoms with E-state index in [0.29, 0.717) is 0 Å². The van der Waals surface area contributed by atoms with Gasteiger partial charge in [-0.3, -0.25) is 0 Å². The number of rotatable bonds is 4. The summed E-state index contributed by atoms with van der Waals surface area (Å²) in [6.45, 7) is 8.95. The highest BCUT2D eigenvalue weighted by molar-refractivity contribution is 14.1. The molecule has 0 bridgehead atoms. The third-order valence-electron chi connectivity index (χ3n) is 4.69. The van der Waals surface area contributed by atoms with E-state index in [9.17, 15) is 0 Å². The van der Waals surface area contributed by atoms with Gasteiger partial charge in [-0.15, -0.1) is 0 Å². The van der Waals surface area contributed by atoms with Gasteiger partial charge in [0.15, 0.2) is 0 Å². The fraction of sp³-hybridized carbons (Fsp3) is 0.250. The summed E-state index contributed by atoms with van der Waals surface area (Å²) < 4.78 is 1.24. The van der Waals surface area contributed by atoms with Crippen molar-refractivity contribution in [3.05, 3.63) is 87.5 Å². The highest BCUT2D eigenvalue weighted by atomic mass is 127. The minimum Gasteiger partial charge on any atom is -0.309 e. The molecule has 0 amide bonds. The molecule has 0 spiro atoms. The topological polar surface area (TPSA) is 3.24 Å². The van der Waals surface area contributed by atoms with Crippen LogP contribution in [-0.4, -0.2) is 0 Å². The Morgan fingerprint density at radius 3 is 1.81 bits per heavy atom. The summed E-state index contributed by atoms with van der Waals surface area (Å²) in [4.78, 5) is 2.34. The molecule has 0 N–H and O–H groups in total. The van der Waals surface area contributed by atoms with Gasteiger partial charge < -0.3 is 4.90 Å². The lowest BCUT2D eigenvalue weighted by atomic mass is 9.87. The fourth-order valence-electron chi connectivity index (χ4n) is 3.05. The number of hydrogen-bond acceptors (Lipinski definition) is 1. The number of aryl methyl sites for hydroxylation is 1. The van der Waals surface area contributed by atoms with Crippen LogP contribution < -0.4 is 4.90 Å². The molecule has 0 aliphatic heterocycles. The Kier molecular flexibility index (Phi) is 5.71. The second kappa shape index (κ2) is 7.83. The van der Waals surface area contributed by atoms with Crippen molar-refractivity contribution in [2.45, 2.75) is 39.5 Å². The Labute approximate surface area is 171 Å². The summed E-state index contributed by atoms with van der Waals surface area (Å²) in [5.74, 6) is 0. The molecule has 0 saturated carbocycles. The van der Waals surface area contributed by atoms with Gasteiger partial charge >= 0.3 is 0 Å². The first kappa shape index (κ1) is 19.0. The van der Waals surface area contributed by atoms with E-state index in [2.05, 4.69) is 128 Å². The van der Waals surface area contributed by atoms with Crippen molar-refractivity contribution in [3.8, 4) is 0 Å². The largest absolute Gasteiger partial charge is 0.309 e. The Balaban J connectivity index is 2.10. The van der Waals surface area contributed by atoms with Crippen molar-refractivity contribution in [1.82, 2.24) is 0 Å². The molecule has 0 aliphatic rings. The van der Waals surface area contributed by atoms with E-state index in [-0.39, 0.29) is 5.41 Å². The third kappa shape index (κ3) is 4.12. The van der Waals surface area contributed by atoms with Crippen LogP contribution in [0.2, 0.25) is 0 Å². The molecular formula is C24H26IN. The first-order valence-electron chi connectivity index (χ1n) is 9.14. The van der Waals surface area contributed by atoms with Crippen molar-refractivity contribution >= 4 is 39.7 Å². The van der Waals surface area contributed by atoms with Crippen molar-refractivity contribution < 1.29 is 0 Å². The molecule has 0 atom stereocenters. The summed E-state index contributed by atoms with van der Waals surface area (Å²) in [6.07, 6.45) is 1.06. The van der Waals surface area contributed by atoms with Crippen molar-refractivity contribution in [3.63, 3.8) is 0 Å². The third-order valence-corrected chi connectivity index (χ3v) is 5.60. The Bertz CT molecular complexity index is 858. The maximum Gasteiger partial charge on any atom is 0.0595 e. The van der Waals surface area contributed by atoms with Gasteiger partial charge in [-0.05, 0) is 82.0 Å². The van der Waals surface area contributed by atoms with Crippen molar-refractivity contribution in [1.29, 1.82) is 0 Å². The average molecular weight is 455 g/mol. The maximum absolute atomic E-state index is 2.42. The lowest BCUT2D eigenvalue weighted by Crippen LogP contribution is -2.13. The van der Waals surface area contributed by atoms with Crippen LogP contribution in [-0.2, 0) is 11.8 Å². The van der Waals surface area contributed by atoms with E-state index in [0.717, 1.165) is 6.42 Å². The van der Waals surface area contributed by atoms with E-state index in [1.807, 2.05) is 0 Å². The first-order chi connectivity index (χ1) is 12.4. The van der Waals surface area contributed by atoms with Gasteiger partial charge in [0.25, 0.3) is 0 Å². The second-order valence-electron chi connectivity index (χ2n) is 7.60. The Morgan fingerprint density at radius 2 is 1.31 bits per heavy atom. The minimum atomic E-state index is 0.160. The minimum absolute atomic E-state index is 0.160. The molecule has 0 aromatic heterocycles. The normalized spacial score (nSPS) is 11.4. The van der Waals surface area contributed by atoms with Crippen molar-refractivity contribution in [2.75, 3.05) is 4.90 Å². The molecule has 0 radical (unpaired) electrons. The quantitative estimate of drug-likeness (QED) is 0.366. The summed E-state index contributed by atoms with van der Waals surface area (Å²) >= 11 is 2.42. The van der Waals surface area contributed by atoms with Crippen LogP contribution in [0.4, 0.5) is 17.1 Å². The molecule has 0 heterocycles. The predicted octanol–water partition coefficient (Wildman–Crippen LogP) is 7.62. The van der Waals surface area contributed by atoms with Crippen LogP contribution in [0.15, 0.2) is 72.8 Å². The van der Waals surface area contributed by atoms with Crippen molar-refractivity contribution in [2.24, 2.45) is 0 Å². The zero-order valence-electron chi connectivity index (χ0n) is 16.0. The van der Waals surface area contributed by atoms with E-state index < -0.39 is 0 Å². The van der Waals surface area contributed by atoms with E-state index in [1.54, 1.807) is 0 Å². The lowest BCUT2D eigenvalue weighted by Gasteiger charge is -2.28. The van der Waals surface area contributed by atoms with Gasteiger partial charge in [0.1, 0.15) is 0 Å². The zero-order valence-corrected chi connectivity index (χ0v) is 18.1. The second-order valence-corrected chi connectivity index (χ2v) is 8.77. The standard InChI is InChI=1S/C24H26IN/c1-5-18-10-14-20(15-11-18)26(23-9-7-6-8-22(23)25)21-16-12-19(13-17-21)24(2,3)4/h6-17H,5H2,1-4H3. The van der Waals surface area contributed by atoms with Gasteiger partial charge in [-0.25, -0.2) is 0 Å². The van der Waals surface area contributed by atoms with E-state index in [1.165, 1.54) is 31.8 Å². The molecular weight excluding hydrogens is 429 g/mol. The number of para-hydroxylation sites is 1. The highest BCUT2D eigenvalue weighted by Crippen LogP contribution is 2.38. The van der Waals surface area contributed by atoms with Crippen LogP contribution in [0.3, 0.4) is 0 Å². The molecule has 0 aliphatic carbocycles. The molecule has 0 unspecified atom stereocenters. The molecule has 3 rings (SSSR count). The zero-order chi connectivity index (χ0) is 18.7. The number of anilines is 3. The predicted molar refractivity (Wildman–Crippen MR) is 122 cm³/mol. The molecule has 3 aromatic rings. The Morgan fingerprint density at radius 1 is 0.769 bits per heavy atom. The molecule has 3 aromatic carbocycles. The summed E-state index contributed by atoms with van der Waals surface area (Å²) in [6, 6.07) is 26.4. The van der Waals surface area contributed by atoms with Crippen LogP contribution >= 0.6 is 22.6 Å². The Hall–Kier alpha value is -1.81. The van der Waals surface area contributed by atoms with E-state index in [4.69, 9.17) is 0 Å². The monoisotopic (exact) mass is 455 g/mol. The smallest absolute Gasteiger partial charge is 0.0595 e. The first-order valence-corrected chi connectivity index (χ1v) is 10.2. The van der Waals surface area contributed by atoms with Gasteiger partial charge in [0.05, 0.1) is 5.69 Å². The molecule has 0 saturated heterocycles. The van der Waals surface area contributed by atoms with Crippen LogP contribution in [0.25, 0.3) is 0 Å². The molecule has 0 fully saturated rings. The van der Waals surface area contributed by atoms with Crippen LogP contribution in [0, 0.1) is 3.57 Å². The molecule has 134 valence electrons. The highest BCUT2D eigenvalue weighted by Gasteiger charge is 2.17. The van der Waals surface area contributed by atoms with Gasteiger partial charge in [-0.2, -0.15) is 0 Å². The maximum atomic E-state index is 2.42. The van der Waals surface area contributed by atoms with E-state index >= 15 is 0 Å². The summed E-state index contributed by atoms with van der Waals surface area (Å²) in [5.41, 5.74) is 6.46. The van der Waals surface area contributed by atoms with Gasteiger partial charge in [-0.1, -0.05) is 64.1 Å².